The molecule has 14 heavy (non-hydrogen) atoms. The summed E-state index contributed by atoms with van der Waals surface area (Å²) in [5, 5.41) is 8.03. The van der Waals surface area contributed by atoms with Gasteiger partial charge in [-0.3, -0.25) is 0 Å². The molecular weight excluding hydrogens is 176 g/mol. The van der Waals surface area contributed by atoms with Crippen LogP contribution in [-0.4, -0.2) is 21.5 Å². The van der Waals surface area contributed by atoms with Crippen LogP contribution >= 0.6 is 0 Å². The number of hydrogen-bond donors (Lipinski definition) is 1. The van der Waals surface area contributed by atoms with Crippen LogP contribution in [0.3, 0.4) is 0 Å². The minimum atomic E-state index is 0.735. The quantitative estimate of drug-likeness (QED) is 0.781. The summed E-state index contributed by atoms with van der Waals surface area (Å²) >= 11 is 0. The highest BCUT2D eigenvalue weighted by atomic mass is 15.4. The van der Waals surface area contributed by atoms with Crippen LogP contribution in [0.15, 0.2) is 18.2 Å². The molecule has 0 bridgehead atoms. The predicted molar refractivity (Wildman–Crippen MR) is 55.9 cm³/mol. The maximum Gasteiger partial charge on any atom is 0.113 e. The number of aromatic nitrogens is 3. The zero-order valence-corrected chi connectivity index (χ0v) is 8.27. The number of aryl methyl sites for hydroxylation is 2. The third-order valence-electron chi connectivity index (χ3n) is 2.34. The third kappa shape index (κ3) is 1.61. The van der Waals surface area contributed by atoms with Gasteiger partial charge in [0.05, 0.1) is 5.52 Å². The second kappa shape index (κ2) is 3.75. The first-order valence-corrected chi connectivity index (χ1v) is 4.79. The zero-order chi connectivity index (χ0) is 9.97. The van der Waals surface area contributed by atoms with Crippen molar-refractivity contribution in [1.29, 1.82) is 0 Å². The summed E-state index contributed by atoms with van der Waals surface area (Å²) in [6, 6.07) is 6.25. The molecule has 0 atom stereocenters. The van der Waals surface area contributed by atoms with Gasteiger partial charge in [0.15, 0.2) is 0 Å². The van der Waals surface area contributed by atoms with Gasteiger partial charge >= 0.3 is 0 Å². The van der Waals surface area contributed by atoms with Crippen molar-refractivity contribution in [3.8, 4) is 0 Å². The van der Waals surface area contributed by atoms with E-state index in [4.69, 9.17) is 5.73 Å². The summed E-state index contributed by atoms with van der Waals surface area (Å²) in [6.07, 6.45) is 2.04. The molecule has 2 N–H and O–H groups in total. The summed E-state index contributed by atoms with van der Waals surface area (Å²) in [5.74, 6) is 0. The second-order valence-electron chi connectivity index (χ2n) is 3.43. The fraction of sp³-hybridized carbons (Fsp3) is 0.400. The topological polar surface area (TPSA) is 56.7 Å². The highest BCUT2D eigenvalue weighted by Crippen LogP contribution is 2.13. The van der Waals surface area contributed by atoms with E-state index in [2.05, 4.69) is 28.5 Å². The predicted octanol–water partition coefficient (Wildman–Crippen LogP) is 0.860. The highest BCUT2D eigenvalue weighted by Gasteiger charge is 2.01. The Balaban J connectivity index is 2.32. The molecule has 1 aromatic carbocycles. The summed E-state index contributed by atoms with van der Waals surface area (Å²) in [7, 11) is 1.90. The molecule has 74 valence electrons. The second-order valence-corrected chi connectivity index (χ2v) is 3.43. The Bertz CT molecular complexity index is 433. The molecular formula is C10H14N4. The Morgan fingerprint density at radius 2 is 2.29 bits per heavy atom. The van der Waals surface area contributed by atoms with E-state index in [-0.39, 0.29) is 0 Å². The molecule has 4 nitrogen and oxygen atoms in total. The maximum absolute atomic E-state index is 5.46. The molecule has 0 saturated carbocycles. The number of rotatable bonds is 3. The average Bonchev–Trinajstić information content (AvgIpc) is 2.57. The highest BCUT2D eigenvalue weighted by molar-refractivity contribution is 5.74. The van der Waals surface area contributed by atoms with Crippen molar-refractivity contribution in [1.82, 2.24) is 15.0 Å². The minimum Gasteiger partial charge on any atom is -0.330 e. The first-order chi connectivity index (χ1) is 6.81. The number of hydrogen-bond acceptors (Lipinski definition) is 3. The SMILES string of the molecule is Cn1nnc2cc(CCCN)ccc21. The van der Waals surface area contributed by atoms with Crippen LogP contribution in [-0.2, 0) is 13.5 Å². The Morgan fingerprint density at radius 3 is 3.07 bits per heavy atom. The lowest BCUT2D eigenvalue weighted by Gasteiger charge is -1.99. The summed E-state index contributed by atoms with van der Waals surface area (Å²) in [4.78, 5) is 0. The number of benzene rings is 1. The van der Waals surface area contributed by atoms with Gasteiger partial charge in [0.2, 0.25) is 0 Å². The molecule has 0 aliphatic rings. The van der Waals surface area contributed by atoms with E-state index < -0.39 is 0 Å². The maximum atomic E-state index is 5.46. The number of fused-ring (bicyclic) bond motifs is 1. The first kappa shape index (κ1) is 9.15. The molecule has 0 aliphatic carbocycles. The summed E-state index contributed by atoms with van der Waals surface area (Å²) in [5.41, 5.74) is 8.77. The normalized spacial score (nSPS) is 11.0. The molecule has 0 saturated heterocycles. The van der Waals surface area contributed by atoms with Gasteiger partial charge in [0.1, 0.15) is 5.52 Å². The van der Waals surface area contributed by atoms with Gasteiger partial charge in [-0.2, -0.15) is 0 Å². The van der Waals surface area contributed by atoms with Crippen LogP contribution in [0.4, 0.5) is 0 Å². The first-order valence-electron chi connectivity index (χ1n) is 4.79. The smallest absolute Gasteiger partial charge is 0.113 e. The van der Waals surface area contributed by atoms with Gasteiger partial charge in [-0.25, -0.2) is 4.68 Å². The van der Waals surface area contributed by atoms with Crippen molar-refractivity contribution in [2.45, 2.75) is 12.8 Å². The lowest BCUT2D eigenvalue weighted by atomic mass is 10.1. The Hall–Kier alpha value is -1.42. The van der Waals surface area contributed by atoms with Crippen LogP contribution in [0.1, 0.15) is 12.0 Å². The van der Waals surface area contributed by atoms with Crippen molar-refractivity contribution in [3.63, 3.8) is 0 Å². The van der Waals surface area contributed by atoms with Gasteiger partial charge in [0.25, 0.3) is 0 Å². The van der Waals surface area contributed by atoms with E-state index in [1.807, 2.05) is 7.05 Å². The average molecular weight is 190 g/mol. The molecule has 0 radical (unpaired) electrons. The van der Waals surface area contributed by atoms with Crippen molar-refractivity contribution in [3.05, 3.63) is 23.8 Å². The van der Waals surface area contributed by atoms with Gasteiger partial charge in [0, 0.05) is 7.05 Å². The van der Waals surface area contributed by atoms with Gasteiger partial charge in [-0.15, -0.1) is 5.10 Å². The van der Waals surface area contributed by atoms with Crippen LogP contribution in [0.25, 0.3) is 11.0 Å². The van der Waals surface area contributed by atoms with Gasteiger partial charge in [-0.1, -0.05) is 11.3 Å². The van der Waals surface area contributed by atoms with Crippen LogP contribution in [0.5, 0.6) is 0 Å². The third-order valence-corrected chi connectivity index (χ3v) is 2.34. The lowest BCUT2D eigenvalue weighted by molar-refractivity contribution is 0.736. The summed E-state index contributed by atoms with van der Waals surface area (Å²) in [6.45, 7) is 0.735. The standard InChI is InChI=1S/C10H14N4/c1-14-10-5-4-8(3-2-6-11)7-9(10)12-13-14/h4-5,7H,2-3,6,11H2,1H3. The fourth-order valence-corrected chi connectivity index (χ4v) is 1.55. The zero-order valence-electron chi connectivity index (χ0n) is 8.27. The van der Waals surface area contributed by atoms with Crippen LogP contribution in [0, 0.1) is 0 Å². The Morgan fingerprint density at radius 1 is 1.43 bits per heavy atom. The number of nitrogens with two attached hydrogens (primary N) is 1. The Kier molecular flexibility index (Phi) is 2.45. The van der Waals surface area contributed by atoms with Gasteiger partial charge in [-0.05, 0) is 37.1 Å². The van der Waals surface area contributed by atoms with E-state index in [0.29, 0.717) is 0 Å². The van der Waals surface area contributed by atoms with Crippen molar-refractivity contribution in [2.75, 3.05) is 6.54 Å². The molecule has 0 aliphatic heterocycles. The van der Waals surface area contributed by atoms with Crippen molar-refractivity contribution < 1.29 is 0 Å². The van der Waals surface area contributed by atoms with Crippen LogP contribution in [0.2, 0.25) is 0 Å². The minimum absolute atomic E-state index is 0.735. The Labute approximate surface area is 82.7 Å². The van der Waals surface area contributed by atoms with Gasteiger partial charge < -0.3 is 5.73 Å². The van der Waals surface area contributed by atoms with Crippen LogP contribution < -0.4 is 5.73 Å². The molecule has 1 heterocycles. The van der Waals surface area contributed by atoms with E-state index in [1.54, 1.807) is 4.68 Å². The van der Waals surface area contributed by atoms with Crippen molar-refractivity contribution in [2.24, 2.45) is 12.8 Å². The molecule has 4 heteroatoms. The molecule has 0 spiro atoms. The number of nitrogens with zero attached hydrogens (tertiary/aromatic N) is 3. The fourth-order valence-electron chi connectivity index (χ4n) is 1.55. The molecule has 2 aromatic rings. The van der Waals surface area contributed by atoms with E-state index in [0.717, 1.165) is 30.4 Å². The monoisotopic (exact) mass is 190 g/mol. The van der Waals surface area contributed by atoms with E-state index >= 15 is 0 Å². The molecule has 1 aromatic heterocycles. The van der Waals surface area contributed by atoms with E-state index in [1.165, 1.54) is 5.56 Å². The summed E-state index contributed by atoms with van der Waals surface area (Å²) < 4.78 is 1.78. The molecule has 0 amide bonds. The van der Waals surface area contributed by atoms with Crippen molar-refractivity contribution >= 4 is 11.0 Å². The molecule has 2 rings (SSSR count). The van der Waals surface area contributed by atoms with E-state index in [9.17, 15) is 0 Å². The molecule has 0 unspecified atom stereocenters. The largest absolute Gasteiger partial charge is 0.330 e. The lowest BCUT2D eigenvalue weighted by Crippen LogP contribution is -2.00. The molecule has 0 fully saturated rings.